The second kappa shape index (κ2) is 9.52. The second-order valence-electron chi connectivity index (χ2n) is 7.81. The van der Waals surface area contributed by atoms with Gasteiger partial charge in [-0.3, -0.25) is 9.10 Å². The smallest absolute Gasteiger partial charge is 0.351 e. The summed E-state index contributed by atoms with van der Waals surface area (Å²) in [5.41, 5.74) is 0.891. The molecule has 4 rings (SSSR count). The number of nitrogens with one attached hydrogen (secondary N) is 1. The molecule has 1 aromatic carbocycles. The highest BCUT2D eigenvalue weighted by atomic mass is 32.2. The Bertz CT molecular complexity index is 1140. The number of carbonyl (C=O) groups excluding carboxylic acids is 1. The van der Waals surface area contributed by atoms with Gasteiger partial charge in [0.25, 0.3) is 0 Å². The Labute approximate surface area is 193 Å². The van der Waals surface area contributed by atoms with Crippen molar-refractivity contribution in [2.45, 2.75) is 32.0 Å². The Morgan fingerprint density at radius 2 is 1.97 bits per heavy atom. The van der Waals surface area contributed by atoms with Crippen LogP contribution in [0.3, 0.4) is 0 Å². The number of aryl methyl sites for hydroxylation is 1. The molecule has 0 atom stereocenters. The standard InChI is InChI=1S/C22H23F3N6OS/c1-14-9-15(12-32)3-4-19(14)30-11-18(27-13-30)20-17(22(23,24)25)10-26-21(29-20)28-16-5-7-31(33-2)8-6-16/h3-4,9-13,16H,5-8H2,1-2H3,(H,26,28,29). The minimum Gasteiger partial charge on any atom is -0.351 e. The zero-order valence-corrected chi connectivity index (χ0v) is 19.0. The topological polar surface area (TPSA) is 75.9 Å². The molecule has 11 heteroatoms. The van der Waals surface area contributed by atoms with E-state index in [4.69, 9.17) is 0 Å². The summed E-state index contributed by atoms with van der Waals surface area (Å²) in [7, 11) is 0. The van der Waals surface area contributed by atoms with E-state index in [1.807, 2.05) is 13.2 Å². The van der Waals surface area contributed by atoms with Gasteiger partial charge >= 0.3 is 6.18 Å². The van der Waals surface area contributed by atoms with Gasteiger partial charge in [0.05, 0.1) is 6.33 Å². The fourth-order valence-corrected chi connectivity index (χ4v) is 4.41. The van der Waals surface area contributed by atoms with Crippen LogP contribution in [0.25, 0.3) is 17.1 Å². The largest absolute Gasteiger partial charge is 0.420 e. The minimum atomic E-state index is -4.62. The highest BCUT2D eigenvalue weighted by Crippen LogP contribution is 2.36. The summed E-state index contributed by atoms with van der Waals surface area (Å²) in [5.74, 6) is 0.154. The van der Waals surface area contributed by atoms with E-state index in [9.17, 15) is 18.0 Å². The van der Waals surface area contributed by atoms with Crippen molar-refractivity contribution in [3.8, 4) is 17.1 Å². The number of halogens is 3. The van der Waals surface area contributed by atoms with Gasteiger partial charge in [-0.15, -0.1) is 0 Å². The highest BCUT2D eigenvalue weighted by Gasteiger charge is 2.36. The van der Waals surface area contributed by atoms with Crippen LogP contribution in [0.4, 0.5) is 19.1 Å². The summed E-state index contributed by atoms with van der Waals surface area (Å²) in [6.45, 7) is 3.59. The summed E-state index contributed by atoms with van der Waals surface area (Å²) >= 11 is 1.68. The summed E-state index contributed by atoms with van der Waals surface area (Å²) in [5, 5.41) is 3.18. The van der Waals surface area contributed by atoms with Crippen molar-refractivity contribution in [2.24, 2.45) is 0 Å². The van der Waals surface area contributed by atoms with Gasteiger partial charge in [0, 0.05) is 42.8 Å². The fourth-order valence-electron chi connectivity index (χ4n) is 3.84. The third-order valence-corrected chi connectivity index (χ3v) is 6.48. The van der Waals surface area contributed by atoms with Crippen LogP contribution < -0.4 is 5.32 Å². The normalized spacial score (nSPS) is 15.5. The first kappa shape index (κ1) is 23.2. The van der Waals surface area contributed by atoms with E-state index < -0.39 is 11.7 Å². The molecule has 2 aromatic heterocycles. The molecule has 33 heavy (non-hydrogen) atoms. The number of carbonyl (C=O) groups is 1. The summed E-state index contributed by atoms with van der Waals surface area (Å²) in [4.78, 5) is 23.3. The van der Waals surface area contributed by atoms with E-state index in [0.717, 1.165) is 44.0 Å². The lowest BCUT2D eigenvalue weighted by molar-refractivity contribution is -0.137. The fraction of sp³-hybridized carbons (Fsp3) is 0.364. The first-order chi connectivity index (χ1) is 15.8. The number of anilines is 1. The first-order valence-corrected chi connectivity index (χ1v) is 11.6. The number of hydrogen-bond acceptors (Lipinski definition) is 7. The van der Waals surface area contributed by atoms with Gasteiger partial charge in [-0.1, -0.05) is 11.9 Å². The molecule has 0 amide bonds. The van der Waals surface area contributed by atoms with Crippen LogP contribution in [0, 0.1) is 6.92 Å². The van der Waals surface area contributed by atoms with E-state index in [0.29, 0.717) is 11.3 Å². The summed E-state index contributed by atoms with van der Waals surface area (Å²) in [6, 6.07) is 5.17. The Morgan fingerprint density at radius 3 is 2.61 bits per heavy atom. The summed E-state index contributed by atoms with van der Waals surface area (Å²) in [6.07, 6.45) is 3.60. The molecule has 0 spiro atoms. The predicted octanol–water partition coefficient (Wildman–Crippen LogP) is 4.62. The van der Waals surface area contributed by atoms with Gasteiger partial charge in [-0.25, -0.2) is 15.0 Å². The van der Waals surface area contributed by atoms with E-state index in [1.165, 1.54) is 12.5 Å². The van der Waals surface area contributed by atoms with Crippen molar-refractivity contribution in [1.82, 2.24) is 23.8 Å². The molecule has 1 fully saturated rings. The maximum absolute atomic E-state index is 13.7. The number of rotatable bonds is 6. The third kappa shape index (κ3) is 5.19. The van der Waals surface area contributed by atoms with Crippen LogP contribution in [0.2, 0.25) is 0 Å². The van der Waals surface area contributed by atoms with Gasteiger partial charge in [-0.05, 0) is 49.8 Å². The maximum atomic E-state index is 13.7. The number of nitrogens with zero attached hydrogens (tertiary/aromatic N) is 5. The molecule has 0 unspecified atom stereocenters. The van der Waals surface area contributed by atoms with Crippen molar-refractivity contribution in [2.75, 3.05) is 24.7 Å². The number of piperidine rings is 1. The van der Waals surface area contributed by atoms with Crippen molar-refractivity contribution in [3.63, 3.8) is 0 Å². The molecule has 174 valence electrons. The van der Waals surface area contributed by atoms with Crippen LogP contribution in [0.15, 0.2) is 36.9 Å². The highest BCUT2D eigenvalue weighted by molar-refractivity contribution is 7.96. The van der Waals surface area contributed by atoms with Crippen LogP contribution in [-0.2, 0) is 6.18 Å². The third-order valence-electron chi connectivity index (χ3n) is 5.60. The number of imidazole rings is 1. The van der Waals surface area contributed by atoms with Crippen LogP contribution in [-0.4, -0.2) is 55.5 Å². The van der Waals surface area contributed by atoms with Gasteiger partial charge in [0.2, 0.25) is 5.95 Å². The monoisotopic (exact) mass is 476 g/mol. The average Bonchev–Trinajstić information content (AvgIpc) is 3.28. The van der Waals surface area contributed by atoms with E-state index in [2.05, 4.69) is 24.6 Å². The molecule has 0 saturated carbocycles. The molecular formula is C22H23F3N6OS. The quantitative estimate of drug-likeness (QED) is 0.411. The lowest BCUT2D eigenvalue weighted by atomic mass is 10.1. The number of benzene rings is 1. The lowest BCUT2D eigenvalue weighted by Gasteiger charge is -2.30. The van der Waals surface area contributed by atoms with Crippen molar-refractivity contribution in [3.05, 3.63) is 53.6 Å². The number of aromatic nitrogens is 4. The van der Waals surface area contributed by atoms with Gasteiger partial charge in [0.1, 0.15) is 23.2 Å². The Balaban J connectivity index is 1.65. The zero-order chi connectivity index (χ0) is 23.6. The van der Waals surface area contributed by atoms with Crippen molar-refractivity contribution in [1.29, 1.82) is 0 Å². The molecule has 1 aliphatic rings. The van der Waals surface area contributed by atoms with Crippen LogP contribution >= 0.6 is 11.9 Å². The van der Waals surface area contributed by atoms with Crippen LogP contribution in [0.1, 0.15) is 34.3 Å². The Kier molecular flexibility index (Phi) is 6.71. The number of aldehydes is 1. The molecule has 1 N–H and O–H groups in total. The van der Waals surface area contributed by atoms with Crippen molar-refractivity contribution >= 4 is 24.2 Å². The van der Waals surface area contributed by atoms with Crippen LogP contribution in [0.5, 0.6) is 0 Å². The van der Waals surface area contributed by atoms with Gasteiger partial charge in [-0.2, -0.15) is 13.2 Å². The molecular weight excluding hydrogens is 453 g/mol. The van der Waals surface area contributed by atoms with Gasteiger partial charge < -0.3 is 9.88 Å². The molecule has 7 nitrogen and oxygen atoms in total. The molecule has 3 aromatic rings. The van der Waals surface area contributed by atoms with E-state index >= 15 is 0 Å². The summed E-state index contributed by atoms with van der Waals surface area (Å²) < 4.78 is 45.0. The van der Waals surface area contributed by atoms with E-state index in [-0.39, 0.29) is 23.4 Å². The minimum absolute atomic E-state index is 0.0869. The molecule has 1 saturated heterocycles. The van der Waals surface area contributed by atoms with E-state index in [1.54, 1.807) is 34.7 Å². The van der Waals surface area contributed by atoms with Gasteiger partial charge in [0.15, 0.2) is 0 Å². The molecule has 1 aliphatic heterocycles. The average molecular weight is 477 g/mol. The molecule has 3 heterocycles. The number of hydrogen-bond donors (Lipinski definition) is 1. The zero-order valence-electron chi connectivity index (χ0n) is 18.1. The maximum Gasteiger partial charge on any atom is 0.420 e. The first-order valence-electron chi connectivity index (χ1n) is 10.4. The lowest BCUT2D eigenvalue weighted by Crippen LogP contribution is -2.35. The Hall–Kier alpha value is -2.92. The molecule has 0 aliphatic carbocycles. The number of alkyl halides is 3. The van der Waals surface area contributed by atoms with Crippen molar-refractivity contribution < 1.29 is 18.0 Å². The molecule has 0 bridgehead atoms. The SMILES string of the molecule is CSN1CCC(Nc2ncc(C(F)(F)F)c(-c3cn(-c4ccc(C=O)cc4C)cn3)n2)CC1. The Morgan fingerprint density at radius 1 is 1.21 bits per heavy atom. The molecule has 0 radical (unpaired) electrons. The predicted molar refractivity (Wildman–Crippen MR) is 121 cm³/mol. The second-order valence-corrected chi connectivity index (χ2v) is 8.70.